The van der Waals surface area contributed by atoms with Gasteiger partial charge in [0.05, 0.1) is 7.11 Å². The highest BCUT2D eigenvalue weighted by atomic mass is 16.5. The molecule has 2 N–H and O–H groups in total. The number of anilines is 1. The zero-order chi connectivity index (χ0) is 12.3. The molecule has 92 valence electrons. The molecule has 17 heavy (non-hydrogen) atoms. The van der Waals surface area contributed by atoms with Crippen LogP contribution in [0, 0.1) is 0 Å². The number of methoxy groups -OCH3 is 1. The van der Waals surface area contributed by atoms with E-state index in [1.165, 1.54) is 32.6 Å². The van der Waals surface area contributed by atoms with Crippen LogP contribution in [0.4, 0.5) is 5.82 Å². The van der Waals surface area contributed by atoms with Crippen LogP contribution in [0.2, 0.25) is 0 Å². The lowest BCUT2D eigenvalue weighted by Gasteiger charge is -2.20. The minimum Gasteiger partial charge on any atom is -0.465 e. The third-order valence-corrected chi connectivity index (χ3v) is 3.21. The summed E-state index contributed by atoms with van der Waals surface area (Å²) in [5, 5.41) is 0. The fourth-order valence-corrected chi connectivity index (χ4v) is 2.23. The van der Waals surface area contributed by atoms with E-state index in [9.17, 15) is 4.79 Å². The number of ether oxygens (including phenoxy) is 1. The van der Waals surface area contributed by atoms with Gasteiger partial charge in [-0.05, 0) is 12.8 Å². The van der Waals surface area contributed by atoms with Crippen LogP contribution in [0.25, 0.3) is 0 Å². The molecule has 0 aromatic carbocycles. The maximum Gasteiger partial charge on any atom is 0.343 e. The zero-order valence-electron chi connectivity index (χ0n) is 9.98. The number of nitrogen functional groups attached to an aromatic ring is 1. The Morgan fingerprint density at radius 2 is 2.12 bits per heavy atom. The van der Waals surface area contributed by atoms with E-state index < -0.39 is 5.97 Å². The quantitative estimate of drug-likeness (QED) is 0.792. The molecule has 1 aliphatic carbocycles. The highest BCUT2D eigenvalue weighted by Crippen LogP contribution is 2.31. The molecule has 2 rings (SSSR count). The van der Waals surface area contributed by atoms with Gasteiger partial charge in [-0.2, -0.15) is 0 Å². The fourth-order valence-electron chi connectivity index (χ4n) is 2.23. The van der Waals surface area contributed by atoms with Gasteiger partial charge < -0.3 is 10.5 Å². The second-order valence-electron chi connectivity index (χ2n) is 4.35. The Hall–Kier alpha value is -1.65. The summed E-state index contributed by atoms with van der Waals surface area (Å²) in [6.45, 7) is 0. The Morgan fingerprint density at radius 1 is 1.41 bits per heavy atom. The van der Waals surface area contributed by atoms with Gasteiger partial charge in [-0.25, -0.2) is 14.8 Å². The zero-order valence-corrected chi connectivity index (χ0v) is 9.98. The van der Waals surface area contributed by atoms with Crippen molar-refractivity contribution in [2.45, 2.75) is 38.0 Å². The lowest BCUT2D eigenvalue weighted by Crippen LogP contribution is -2.14. The number of nitrogens with zero attached hydrogens (tertiary/aromatic N) is 2. The van der Waals surface area contributed by atoms with Crippen LogP contribution >= 0.6 is 0 Å². The lowest BCUT2D eigenvalue weighted by molar-refractivity contribution is 0.0601. The Kier molecular flexibility index (Phi) is 3.56. The molecule has 0 radical (unpaired) electrons. The third kappa shape index (κ3) is 2.54. The minimum atomic E-state index is -0.488. The molecular weight excluding hydrogens is 218 g/mol. The Bertz CT molecular complexity index is 414. The van der Waals surface area contributed by atoms with E-state index in [1.54, 1.807) is 0 Å². The molecule has 0 unspecified atom stereocenters. The Labute approximate surface area is 100 Å². The highest BCUT2D eigenvalue weighted by Gasteiger charge is 2.20. The monoisotopic (exact) mass is 235 g/mol. The number of hydrogen-bond acceptors (Lipinski definition) is 5. The molecule has 5 heteroatoms. The first-order valence-corrected chi connectivity index (χ1v) is 5.93. The van der Waals surface area contributed by atoms with Gasteiger partial charge in [0, 0.05) is 12.1 Å². The van der Waals surface area contributed by atoms with Gasteiger partial charge in [0.15, 0.2) is 0 Å². The van der Waals surface area contributed by atoms with E-state index in [4.69, 9.17) is 5.73 Å². The van der Waals surface area contributed by atoms with E-state index in [-0.39, 0.29) is 11.4 Å². The molecule has 0 aliphatic heterocycles. The number of hydrogen-bond donors (Lipinski definition) is 1. The summed E-state index contributed by atoms with van der Waals surface area (Å²) in [4.78, 5) is 19.8. The van der Waals surface area contributed by atoms with Gasteiger partial charge >= 0.3 is 5.97 Å². The minimum absolute atomic E-state index is 0.215. The van der Waals surface area contributed by atoms with Crippen LogP contribution in [0.15, 0.2) is 6.20 Å². The van der Waals surface area contributed by atoms with Gasteiger partial charge in [-0.3, -0.25) is 0 Å². The number of aromatic nitrogens is 2. The van der Waals surface area contributed by atoms with E-state index in [2.05, 4.69) is 14.7 Å². The molecule has 1 heterocycles. The van der Waals surface area contributed by atoms with Crippen molar-refractivity contribution < 1.29 is 9.53 Å². The normalized spacial score (nSPS) is 16.8. The number of carbonyl (C=O) groups excluding carboxylic acids is 1. The molecule has 0 saturated heterocycles. The third-order valence-electron chi connectivity index (χ3n) is 3.21. The first kappa shape index (κ1) is 11.8. The topological polar surface area (TPSA) is 78.1 Å². The van der Waals surface area contributed by atoms with Crippen LogP contribution in [-0.2, 0) is 4.74 Å². The highest BCUT2D eigenvalue weighted by molar-refractivity contribution is 5.93. The van der Waals surface area contributed by atoms with Gasteiger partial charge in [0.2, 0.25) is 0 Å². The molecule has 5 nitrogen and oxygen atoms in total. The summed E-state index contributed by atoms with van der Waals surface area (Å²) < 4.78 is 4.60. The van der Waals surface area contributed by atoms with Gasteiger partial charge in [0.1, 0.15) is 17.2 Å². The molecule has 1 saturated carbocycles. The van der Waals surface area contributed by atoms with Crippen molar-refractivity contribution >= 4 is 11.8 Å². The van der Waals surface area contributed by atoms with Crippen LogP contribution < -0.4 is 5.73 Å². The van der Waals surface area contributed by atoms with Crippen LogP contribution in [0.5, 0.6) is 0 Å². The average Bonchev–Trinajstić information content (AvgIpc) is 2.39. The van der Waals surface area contributed by atoms with Crippen LogP contribution in [0.1, 0.15) is 54.2 Å². The molecule has 1 aliphatic rings. The van der Waals surface area contributed by atoms with Crippen molar-refractivity contribution in [2.24, 2.45) is 0 Å². The maximum absolute atomic E-state index is 11.3. The summed E-state index contributed by atoms with van der Waals surface area (Å²) in [5.41, 5.74) is 6.00. The van der Waals surface area contributed by atoms with E-state index >= 15 is 0 Å². The predicted octanol–water partition coefficient (Wildman–Crippen LogP) is 1.89. The van der Waals surface area contributed by atoms with Crippen LogP contribution in [0.3, 0.4) is 0 Å². The van der Waals surface area contributed by atoms with Crippen molar-refractivity contribution in [3.05, 3.63) is 17.6 Å². The summed E-state index contributed by atoms with van der Waals surface area (Å²) in [6, 6.07) is 0. The van der Waals surface area contributed by atoms with Crippen molar-refractivity contribution in [1.29, 1.82) is 0 Å². The molecule has 1 aromatic rings. The lowest BCUT2D eigenvalue weighted by atomic mass is 9.88. The van der Waals surface area contributed by atoms with Gasteiger partial charge in [0.25, 0.3) is 0 Å². The maximum atomic E-state index is 11.3. The molecule has 0 spiro atoms. The standard InChI is InChI=1S/C12H17N3O2/c1-17-12(16)9-7-14-11(15-10(9)13)8-5-3-2-4-6-8/h7-8H,2-6H2,1H3,(H2,13,14,15). The number of nitrogens with two attached hydrogens (primary N) is 1. The molecule has 1 aromatic heterocycles. The first-order chi connectivity index (χ1) is 8.22. The van der Waals surface area contributed by atoms with Crippen molar-refractivity contribution in [3.8, 4) is 0 Å². The van der Waals surface area contributed by atoms with Crippen molar-refractivity contribution in [1.82, 2.24) is 9.97 Å². The Balaban J connectivity index is 2.20. The summed E-state index contributed by atoms with van der Waals surface area (Å²) in [7, 11) is 1.32. The number of esters is 1. The molecule has 1 fully saturated rings. The summed E-state index contributed by atoms with van der Waals surface area (Å²) >= 11 is 0. The predicted molar refractivity (Wildman–Crippen MR) is 63.6 cm³/mol. The van der Waals surface area contributed by atoms with E-state index in [0.717, 1.165) is 18.7 Å². The van der Waals surface area contributed by atoms with E-state index in [1.807, 2.05) is 0 Å². The second kappa shape index (κ2) is 5.12. The van der Waals surface area contributed by atoms with Crippen LogP contribution in [-0.4, -0.2) is 23.0 Å². The van der Waals surface area contributed by atoms with Crippen molar-refractivity contribution in [2.75, 3.05) is 12.8 Å². The van der Waals surface area contributed by atoms with E-state index in [0.29, 0.717) is 5.92 Å². The van der Waals surface area contributed by atoms with Crippen molar-refractivity contribution in [3.63, 3.8) is 0 Å². The fraction of sp³-hybridized carbons (Fsp3) is 0.583. The number of carbonyl (C=O) groups is 1. The SMILES string of the molecule is COC(=O)c1cnc(C2CCCCC2)nc1N. The van der Waals surface area contributed by atoms with Gasteiger partial charge in [-0.1, -0.05) is 19.3 Å². The first-order valence-electron chi connectivity index (χ1n) is 5.93. The molecular formula is C12H17N3O2. The smallest absolute Gasteiger partial charge is 0.343 e. The summed E-state index contributed by atoms with van der Waals surface area (Å²) in [5.74, 6) is 0.873. The molecule has 0 bridgehead atoms. The number of rotatable bonds is 2. The Morgan fingerprint density at radius 3 is 2.71 bits per heavy atom. The summed E-state index contributed by atoms with van der Waals surface area (Å²) in [6.07, 6.45) is 7.40. The van der Waals surface area contributed by atoms with Gasteiger partial charge in [-0.15, -0.1) is 0 Å². The molecule has 0 amide bonds. The molecule has 0 atom stereocenters. The second-order valence-corrected chi connectivity index (χ2v) is 4.35. The average molecular weight is 235 g/mol. The largest absolute Gasteiger partial charge is 0.465 e.